The van der Waals surface area contributed by atoms with E-state index in [1.165, 1.54) is 6.20 Å². The molecule has 0 bridgehead atoms. The Hall–Kier alpha value is -1.96. The molecule has 0 aromatic carbocycles. The van der Waals surface area contributed by atoms with Gasteiger partial charge >= 0.3 is 11.9 Å². The van der Waals surface area contributed by atoms with E-state index in [0.717, 1.165) is 11.3 Å². The van der Waals surface area contributed by atoms with E-state index in [4.69, 9.17) is 10.2 Å². The number of aliphatic carboxylic acids is 2. The summed E-state index contributed by atoms with van der Waals surface area (Å²) in [4.78, 5) is 36.8. The third-order valence-electron chi connectivity index (χ3n) is 1.83. The molecule has 0 aliphatic heterocycles. The van der Waals surface area contributed by atoms with Crippen molar-refractivity contribution in [3.8, 4) is 0 Å². The first kappa shape index (κ1) is 13.1. The molecule has 8 heteroatoms. The molecule has 1 atom stereocenters. The van der Waals surface area contributed by atoms with Gasteiger partial charge in [-0.05, 0) is 6.92 Å². The summed E-state index contributed by atoms with van der Waals surface area (Å²) >= 11 is 1.10. The minimum atomic E-state index is -1.44. The summed E-state index contributed by atoms with van der Waals surface area (Å²) < 4.78 is 0. The summed E-state index contributed by atoms with van der Waals surface area (Å²) in [5, 5.41) is 20.0. The van der Waals surface area contributed by atoms with Crippen LogP contribution in [0.2, 0.25) is 0 Å². The average molecular weight is 258 g/mol. The average Bonchev–Trinajstić information content (AvgIpc) is 2.63. The van der Waals surface area contributed by atoms with Crippen molar-refractivity contribution in [3.63, 3.8) is 0 Å². The Morgan fingerprint density at radius 2 is 2.12 bits per heavy atom. The predicted octanol–water partition coefficient (Wildman–Crippen LogP) is 0.109. The molecule has 0 saturated heterocycles. The highest BCUT2D eigenvalue weighted by atomic mass is 32.1. The summed E-state index contributed by atoms with van der Waals surface area (Å²) in [6.45, 7) is 1.70. The zero-order chi connectivity index (χ0) is 13.0. The largest absolute Gasteiger partial charge is 0.481 e. The Labute approximate surface area is 100 Å². The van der Waals surface area contributed by atoms with Crippen LogP contribution in [-0.4, -0.2) is 39.1 Å². The molecule has 1 aromatic heterocycles. The SMILES string of the molecule is Cc1ncc(C(=O)N[C@@H](CC(=O)O)C(=O)O)s1. The maximum absolute atomic E-state index is 11.6. The monoisotopic (exact) mass is 258 g/mol. The van der Waals surface area contributed by atoms with Crippen LogP contribution in [0.4, 0.5) is 0 Å². The van der Waals surface area contributed by atoms with Gasteiger partial charge in [-0.25, -0.2) is 9.78 Å². The second-order valence-electron chi connectivity index (χ2n) is 3.21. The Balaban J connectivity index is 2.70. The topological polar surface area (TPSA) is 117 Å². The van der Waals surface area contributed by atoms with Crippen LogP contribution in [-0.2, 0) is 9.59 Å². The van der Waals surface area contributed by atoms with Crippen LogP contribution in [0.15, 0.2) is 6.20 Å². The molecule has 0 unspecified atom stereocenters. The van der Waals surface area contributed by atoms with E-state index in [2.05, 4.69) is 10.3 Å². The molecule has 0 saturated carbocycles. The highest BCUT2D eigenvalue weighted by Crippen LogP contribution is 2.11. The summed E-state index contributed by atoms with van der Waals surface area (Å²) in [6, 6.07) is -1.44. The number of aryl methyl sites for hydroxylation is 1. The van der Waals surface area contributed by atoms with Gasteiger partial charge in [0.1, 0.15) is 10.9 Å². The third-order valence-corrected chi connectivity index (χ3v) is 2.74. The number of hydrogen-bond donors (Lipinski definition) is 3. The van der Waals surface area contributed by atoms with Gasteiger partial charge in [-0.15, -0.1) is 11.3 Å². The van der Waals surface area contributed by atoms with Crippen LogP contribution >= 0.6 is 11.3 Å². The number of aromatic nitrogens is 1. The van der Waals surface area contributed by atoms with E-state index < -0.39 is 30.3 Å². The molecule has 1 rings (SSSR count). The summed E-state index contributed by atoms with van der Waals surface area (Å²) in [7, 11) is 0. The molecule has 0 radical (unpaired) electrons. The van der Waals surface area contributed by atoms with Gasteiger partial charge in [0.25, 0.3) is 5.91 Å². The molecule has 17 heavy (non-hydrogen) atoms. The number of amides is 1. The van der Waals surface area contributed by atoms with Gasteiger partial charge in [0.15, 0.2) is 0 Å². The van der Waals surface area contributed by atoms with Crippen molar-refractivity contribution in [2.45, 2.75) is 19.4 Å². The van der Waals surface area contributed by atoms with Gasteiger partial charge in [0.2, 0.25) is 0 Å². The summed E-state index contributed by atoms with van der Waals surface area (Å²) in [5.74, 6) is -3.32. The molecule has 0 fully saturated rings. The number of carboxylic acid groups (broad SMARTS) is 2. The quantitative estimate of drug-likeness (QED) is 0.690. The predicted molar refractivity (Wildman–Crippen MR) is 58.0 cm³/mol. The van der Waals surface area contributed by atoms with Gasteiger partial charge in [-0.1, -0.05) is 0 Å². The first-order valence-electron chi connectivity index (χ1n) is 4.58. The second-order valence-corrected chi connectivity index (χ2v) is 4.44. The number of thiazole rings is 1. The Morgan fingerprint density at radius 1 is 1.47 bits per heavy atom. The number of nitrogens with zero attached hydrogens (tertiary/aromatic N) is 1. The summed E-state index contributed by atoms with van der Waals surface area (Å²) in [5.41, 5.74) is 0. The molecule has 1 aromatic rings. The van der Waals surface area contributed by atoms with Crippen molar-refractivity contribution in [1.29, 1.82) is 0 Å². The number of nitrogens with one attached hydrogen (secondary N) is 1. The van der Waals surface area contributed by atoms with Crippen LogP contribution in [0.5, 0.6) is 0 Å². The smallest absolute Gasteiger partial charge is 0.326 e. The van der Waals surface area contributed by atoms with Gasteiger partial charge < -0.3 is 15.5 Å². The number of hydrogen-bond acceptors (Lipinski definition) is 5. The van der Waals surface area contributed by atoms with Crippen LogP contribution < -0.4 is 5.32 Å². The zero-order valence-corrected chi connectivity index (χ0v) is 9.65. The molecular weight excluding hydrogens is 248 g/mol. The van der Waals surface area contributed by atoms with E-state index >= 15 is 0 Å². The van der Waals surface area contributed by atoms with Crippen molar-refractivity contribution < 1.29 is 24.6 Å². The molecule has 7 nitrogen and oxygen atoms in total. The zero-order valence-electron chi connectivity index (χ0n) is 8.84. The van der Waals surface area contributed by atoms with Crippen molar-refractivity contribution >= 4 is 29.2 Å². The number of carbonyl (C=O) groups is 3. The lowest BCUT2D eigenvalue weighted by molar-refractivity contribution is -0.145. The second kappa shape index (κ2) is 5.39. The van der Waals surface area contributed by atoms with Crippen molar-refractivity contribution in [2.75, 3.05) is 0 Å². The lowest BCUT2D eigenvalue weighted by Gasteiger charge is -2.10. The van der Waals surface area contributed by atoms with Crippen molar-refractivity contribution in [3.05, 3.63) is 16.1 Å². The Bertz CT molecular complexity index is 456. The standard InChI is InChI=1S/C9H10N2O5S/c1-4-10-3-6(17-4)8(14)11-5(9(15)16)2-7(12)13/h3,5H,2H2,1H3,(H,11,14)(H,12,13)(H,15,16)/t5-/m0/s1. The van der Waals surface area contributed by atoms with E-state index in [1.54, 1.807) is 6.92 Å². The normalized spacial score (nSPS) is 11.8. The Morgan fingerprint density at radius 3 is 2.53 bits per heavy atom. The minimum absolute atomic E-state index is 0.249. The molecular formula is C9H10N2O5S. The summed E-state index contributed by atoms with van der Waals surface area (Å²) in [6.07, 6.45) is 0.647. The fourth-order valence-corrected chi connectivity index (χ4v) is 1.75. The van der Waals surface area contributed by atoms with Crippen molar-refractivity contribution in [1.82, 2.24) is 10.3 Å². The van der Waals surface area contributed by atoms with E-state index in [9.17, 15) is 14.4 Å². The number of carbonyl (C=O) groups excluding carboxylic acids is 1. The molecule has 1 amide bonds. The van der Waals surface area contributed by atoms with Gasteiger partial charge in [-0.2, -0.15) is 0 Å². The van der Waals surface area contributed by atoms with Crippen LogP contribution in [0.3, 0.4) is 0 Å². The molecule has 3 N–H and O–H groups in total. The fourth-order valence-electron chi connectivity index (χ4n) is 1.07. The van der Waals surface area contributed by atoms with Crippen LogP contribution in [0.1, 0.15) is 21.1 Å². The fraction of sp³-hybridized carbons (Fsp3) is 0.333. The highest BCUT2D eigenvalue weighted by Gasteiger charge is 2.24. The highest BCUT2D eigenvalue weighted by molar-refractivity contribution is 7.13. The van der Waals surface area contributed by atoms with Gasteiger partial charge in [0.05, 0.1) is 17.6 Å². The first-order chi connectivity index (χ1) is 7.90. The molecule has 0 aliphatic carbocycles. The molecule has 92 valence electrons. The molecule has 0 spiro atoms. The minimum Gasteiger partial charge on any atom is -0.481 e. The van der Waals surface area contributed by atoms with Crippen molar-refractivity contribution in [2.24, 2.45) is 0 Å². The first-order valence-corrected chi connectivity index (χ1v) is 5.39. The van der Waals surface area contributed by atoms with Gasteiger partial charge in [-0.3, -0.25) is 9.59 Å². The van der Waals surface area contributed by atoms with E-state index in [1.807, 2.05) is 0 Å². The number of carboxylic acids is 2. The lowest BCUT2D eigenvalue weighted by Crippen LogP contribution is -2.41. The lowest BCUT2D eigenvalue weighted by atomic mass is 10.2. The van der Waals surface area contributed by atoms with Crippen LogP contribution in [0.25, 0.3) is 0 Å². The maximum atomic E-state index is 11.6. The third kappa shape index (κ3) is 3.83. The van der Waals surface area contributed by atoms with E-state index in [0.29, 0.717) is 5.01 Å². The Kier molecular flexibility index (Phi) is 4.16. The molecule has 0 aliphatic rings. The van der Waals surface area contributed by atoms with Gasteiger partial charge in [0, 0.05) is 0 Å². The number of rotatable bonds is 5. The maximum Gasteiger partial charge on any atom is 0.326 e. The van der Waals surface area contributed by atoms with Crippen LogP contribution in [0, 0.1) is 6.92 Å². The van der Waals surface area contributed by atoms with E-state index in [-0.39, 0.29) is 4.88 Å². The molecule has 1 heterocycles.